The molecule has 29 heavy (non-hydrogen) atoms. The van der Waals surface area contributed by atoms with Crippen molar-refractivity contribution >= 4 is 19.2 Å². The molecule has 0 radical (unpaired) electrons. The van der Waals surface area contributed by atoms with Crippen LogP contribution < -0.4 is 5.19 Å². The first-order chi connectivity index (χ1) is 14.0. The minimum absolute atomic E-state index is 0.00145. The van der Waals surface area contributed by atoms with Gasteiger partial charge >= 0.3 is 5.97 Å². The summed E-state index contributed by atoms with van der Waals surface area (Å²) in [6, 6.07) is 19.0. The largest absolute Gasteiger partial charge is 0.478 e. The predicted octanol–water partition coefficient (Wildman–Crippen LogP) is 5.90. The molecule has 4 heteroatoms. The molecule has 0 amide bonds. The Balaban J connectivity index is 2.13. The molecule has 0 saturated heterocycles. The van der Waals surface area contributed by atoms with E-state index in [1.165, 1.54) is 5.19 Å². The topological polar surface area (TPSA) is 50.2 Å². The fraction of sp³-hybridized carbons (Fsp3) is 0.280. The molecule has 0 fully saturated rings. The molecule has 0 bridgehead atoms. The van der Waals surface area contributed by atoms with E-state index < -0.39 is 19.9 Å². The molecule has 2 atom stereocenters. The van der Waals surface area contributed by atoms with Crippen LogP contribution >= 0.6 is 0 Å². The lowest BCUT2D eigenvalue weighted by Crippen LogP contribution is -2.41. The summed E-state index contributed by atoms with van der Waals surface area (Å²) in [7, 11) is -1.74. The average molecular weight is 405 g/mol. The van der Waals surface area contributed by atoms with Crippen molar-refractivity contribution < 1.29 is 11.3 Å². The second-order valence-corrected chi connectivity index (χ2v) is 13.6. The Bertz CT molecular complexity index is 1040. The number of aromatic nitrogens is 1. The summed E-state index contributed by atoms with van der Waals surface area (Å²) >= 11 is 0. The molecular formula is C25H29NO2Si. The maximum atomic E-state index is 11.2. The number of carboxylic acid groups (broad SMARTS) is 1. The molecule has 150 valence electrons. The van der Waals surface area contributed by atoms with Crippen LogP contribution in [0.15, 0.2) is 66.9 Å². The second kappa shape index (κ2) is 8.33. The van der Waals surface area contributed by atoms with Crippen LogP contribution in [-0.2, 0) is 0 Å². The molecule has 1 N–H and O–H groups in total. The second-order valence-electron chi connectivity index (χ2n) is 8.56. The van der Waals surface area contributed by atoms with Gasteiger partial charge in [-0.05, 0) is 46.3 Å². The lowest BCUT2D eigenvalue weighted by atomic mass is 9.84. The van der Waals surface area contributed by atoms with Crippen molar-refractivity contribution in [1.29, 1.82) is 0 Å². The van der Waals surface area contributed by atoms with Crippen LogP contribution in [-0.4, -0.2) is 24.1 Å². The van der Waals surface area contributed by atoms with Gasteiger partial charge in [-0.3, -0.25) is 4.98 Å². The number of carboxylic acids is 1. The lowest BCUT2D eigenvalue weighted by Gasteiger charge is -2.28. The maximum absolute atomic E-state index is 11.2. The summed E-state index contributed by atoms with van der Waals surface area (Å²) in [5, 5.41) is 10.3. The van der Waals surface area contributed by atoms with E-state index in [-0.39, 0.29) is 11.5 Å². The Morgan fingerprint density at radius 3 is 2.21 bits per heavy atom. The van der Waals surface area contributed by atoms with Crippen LogP contribution in [0, 0.1) is 0 Å². The molecule has 0 aliphatic carbocycles. The molecule has 3 nitrogen and oxygen atoms in total. The van der Waals surface area contributed by atoms with E-state index in [2.05, 4.69) is 38.7 Å². The number of rotatable bonds is 6. The van der Waals surface area contributed by atoms with Gasteiger partial charge in [0.15, 0.2) is 0 Å². The third-order valence-corrected chi connectivity index (χ3v) is 7.53. The zero-order valence-electron chi connectivity index (χ0n) is 18.7. The molecular weight excluding hydrogens is 374 g/mol. The van der Waals surface area contributed by atoms with Crippen molar-refractivity contribution in [2.75, 3.05) is 0 Å². The number of benzene rings is 2. The van der Waals surface area contributed by atoms with Crippen LogP contribution in [0.1, 0.15) is 48.5 Å². The maximum Gasteiger partial charge on any atom is 0.335 e. The standard InChI is InChI=1S/C25H29NO2Si/c1-17(19-9-7-6-8-10-19)18(2)22-15-23(26-16-24(22)29(3,4)5)20-11-13-21(14-12-20)25(27)28/h6-18H,1-5H3,(H,27,28)/i18D. The fourth-order valence-corrected chi connectivity index (χ4v) is 5.07. The van der Waals surface area contributed by atoms with Crippen LogP contribution in [0.25, 0.3) is 11.3 Å². The first kappa shape index (κ1) is 19.6. The van der Waals surface area contributed by atoms with Crippen LogP contribution in [0.2, 0.25) is 19.6 Å². The number of aromatic carboxylic acids is 1. The van der Waals surface area contributed by atoms with Crippen LogP contribution in [0.5, 0.6) is 0 Å². The highest BCUT2D eigenvalue weighted by Crippen LogP contribution is 2.33. The van der Waals surface area contributed by atoms with Crippen molar-refractivity contribution in [2.24, 2.45) is 0 Å². The Kier molecular flexibility index (Phi) is 5.63. The molecule has 1 heterocycles. The van der Waals surface area contributed by atoms with Gasteiger partial charge in [0.05, 0.1) is 19.3 Å². The highest BCUT2D eigenvalue weighted by atomic mass is 28.3. The molecule has 3 rings (SSSR count). The van der Waals surface area contributed by atoms with Crippen molar-refractivity contribution in [1.82, 2.24) is 4.98 Å². The van der Waals surface area contributed by atoms with Crippen LogP contribution in [0.3, 0.4) is 0 Å². The van der Waals surface area contributed by atoms with Crippen LogP contribution in [0.4, 0.5) is 0 Å². The van der Waals surface area contributed by atoms with Crippen molar-refractivity contribution in [3.63, 3.8) is 0 Å². The van der Waals surface area contributed by atoms with Gasteiger partial charge < -0.3 is 5.11 Å². The minimum atomic E-state index is -1.74. The van der Waals surface area contributed by atoms with E-state index >= 15 is 0 Å². The van der Waals surface area contributed by atoms with E-state index in [1.54, 1.807) is 24.3 Å². The third kappa shape index (κ3) is 4.65. The Hall–Kier alpha value is -2.72. The quantitative estimate of drug-likeness (QED) is 0.520. The molecule has 2 aromatic carbocycles. The number of hydrogen-bond donors (Lipinski definition) is 1. The molecule has 1 aromatic heterocycles. The van der Waals surface area contributed by atoms with Gasteiger partial charge in [-0.15, -0.1) is 0 Å². The number of nitrogens with zero attached hydrogens (tertiary/aromatic N) is 1. The highest BCUT2D eigenvalue weighted by molar-refractivity contribution is 6.89. The van der Waals surface area contributed by atoms with Gasteiger partial charge in [0, 0.05) is 13.1 Å². The first-order valence-corrected chi connectivity index (χ1v) is 13.4. The summed E-state index contributed by atoms with van der Waals surface area (Å²) in [6.07, 6.45) is 1.94. The van der Waals surface area contributed by atoms with Gasteiger partial charge in [-0.1, -0.05) is 76.0 Å². The van der Waals surface area contributed by atoms with E-state index in [9.17, 15) is 6.17 Å². The number of pyridine rings is 1. The third-order valence-electron chi connectivity index (χ3n) is 5.51. The van der Waals surface area contributed by atoms with Crippen molar-refractivity contribution in [2.45, 2.75) is 45.3 Å². The van der Waals surface area contributed by atoms with Gasteiger partial charge in [0.2, 0.25) is 0 Å². The van der Waals surface area contributed by atoms with Crippen molar-refractivity contribution in [3.05, 3.63) is 83.6 Å². The first-order valence-electron chi connectivity index (χ1n) is 10.4. The monoisotopic (exact) mass is 404 g/mol. The molecule has 0 spiro atoms. The van der Waals surface area contributed by atoms with E-state index in [4.69, 9.17) is 10.1 Å². The van der Waals surface area contributed by atoms with Gasteiger partial charge in [-0.2, -0.15) is 0 Å². The van der Waals surface area contributed by atoms with E-state index in [0.29, 0.717) is 0 Å². The molecule has 0 aliphatic heterocycles. The Morgan fingerprint density at radius 1 is 1.03 bits per heavy atom. The lowest BCUT2D eigenvalue weighted by molar-refractivity contribution is 0.0697. The zero-order valence-corrected chi connectivity index (χ0v) is 18.7. The molecule has 2 unspecified atom stereocenters. The van der Waals surface area contributed by atoms with Crippen molar-refractivity contribution in [3.8, 4) is 11.3 Å². The van der Waals surface area contributed by atoms with Gasteiger partial charge in [0.25, 0.3) is 0 Å². The average Bonchev–Trinajstić information content (AvgIpc) is 2.72. The SMILES string of the molecule is [2H]C(C)(c1cc(-c2ccc(C(=O)O)cc2)ncc1[Si](C)(C)C)C(C)c1ccccc1. The highest BCUT2D eigenvalue weighted by Gasteiger charge is 2.26. The van der Waals surface area contributed by atoms with Gasteiger partial charge in [-0.25, -0.2) is 4.79 Å². The molecule has 3 aromatic rings. The van der Waals surface area contributed by atoms with Gasteiger partial charge in [0.1, 0.15) is 0 Å². The molecule has 0 aliphatic rings. The Morgan fingerprint density at radius 2 is 1.66 bits per heavy atom. The summed E-state index contributed by atoms with van der Waals surface area (Å²) in [4.78, 5) is 15.9. The number of carbonyl (C=O) groups is 1. The fourth-order valence-electron chi connectivity index (χ4n) is 3.55. The van der Waals surface area contributed by atoms with E-state index in [0.717, 1.165) is 22.4 Å². The number of hydrogen-bond acceptors (Lipinski definition) is 2. The smallest absolute Gasteiger partial charge is 0.335 e. The minimum Gasteiger partial charge on any atom is -0.478 e. The molecule has 0 saturated carbocycles. The Labute approximate surface area is 175 Å². The summed E-state index contributed by atoms with van der Waals surface area (Å²) in [6.45, 7) is 10.9. The predicted molar refractivity (Wildman–Crippen MR) is 123 cm³/mol. The zero-order chi connectivity index (χ0) is 22.1. The summed E-state index contributed by atoms with van der Waals surface area (Å²) < 4.78 is 9.40. The van der Waals surface area contributed by atoms with E-state index in [1.807, 2.05) is 37.4 Å². The summed E-state index contributed by atoms with van der Waals surface area (Å²) in [5.74, 6) is -1.78. The normalized spacial score (nSPS) is 15.3. The summed E-state index contributed by atoms with van der Waals surface area (Å²) in [5.41, 5.74) is 4.01.